The number of carbonyl (C=O) groups is 2. The van der Waals surface area contributed by atoms with Crippen molar-refractivity contribution in [2.75, 3.05) is 78.5 Å². The van der Waals surface area contributed by atoms with E-state index in [0.29, 0.717) is 39.0 Å². The molecule has 0 spiro atoms. The SMILES string of the molecule is Cc1cccc(C)c1CC(=O)CN1CCN(CC(O)CN2CCN(CC(=O)Cc3c(C)cccc3C)CC2)CC1. The second-order valence-electron chi connectivity index (χ2n) is 12.0. The fourth-order valence-corrected chi connectivity index (χ4v) is 6.17. The summed E-state index contributed by atoms with van der Waals surface area (Å²) in [5.41, 5.74) is 7.09. The molecule has 0 radical (unpaired) electrons. The molecule has 7 heteroatoms. The van der Waals surface area contributed by atoms with Crippen LogP contribution in [0.15, 0.2) is 36.4 Å². The summed E-state index contributed by atoms with van der Waals surface area (Å²) in [4.78, 5) is 34.6. The van der Waals surface area contributed by atoms with Crippen LogP contribution in [0.4, 0.5) is 0 Å². The van der Waals surface area contributed by atoms with Gasteiger partial charge in [0.25, 0.3) is 0 Å². The minimum absolute atomic E-state index is 0.275. The molecule has 2 aromatic rings. The molecular weight excluding hydrogens is 500 g/mol. The molecule has 2 fully saturated rings. The number of β-amino-alcohol motifs (C(OH)–C–C–N with tert-alkyl or cyclic N) is 1. The Hall–Kier alpha value is -2.42. The van der Waals surface area contributed by atoms with Gasteiger partial charge in [-0.1, -0.05) is 36.4 Å². The van der Waals surface area contributed by atoms with E-state index < -0.39 is 6.10 Å². The van der Waals surface area contributed by atoms with Crippen molar-refractivity contribution in [2.24, 2.45) is 0 Å². The molecule has 4 rings (SSSR count). The summed E-state index contributed by atoms with van der Waals surface area (Å²) in [6, 6.07) is 12.4. The van der Waals surface area contributed by atoms with Crippen LogP contribution < -0.4 is 0 Å². The standard InChI is InChI=1S/C33H48N4O3/c1-25-7-5-8-26(2)32(25)19-29(38)21-34-11-15-36(16-12-34)23-31(40)24-37-17-13-35(14-18-37)22-30(39)20-33-27(3)9-6-10-28(33)4/h5-10,31,40H,11-24H2,1-4H3. The Morgan fingerprint density at radius 2 is 0.900 bits per heavy atom. The number of rotatable bonds is 12. The lowest BCUT2D eigenvalue weighted by atomic mass is 9.98. The normalized spacial score (nSPS) is 17.9. The summed E-state index contributed by atoms with van der Waals surface area (Å²) in [7, 11) is 0. The molecule has 0 aliphatic carbocycles. The summed E-state index contributed by atoms with van der Waals surface area (Å²) in [5, 5.41) is 10.8. The van der Waals surface area contributed by atoms with Crippen LogP contribution in [0.3, 0.4) is 0 Å². The summed E-state index contributed by atoms with van der Waals surface area (Å²) in [5.74, 6) is 0.550. The number of benzene rings is 2. The van der Waals surface area contributed by atoms with Gasteiger partial charge >= 0.3 is 0 Å². The third kappa shape index (κ3) is 8.79. The molecule has 40 heavy (non-hydrogen) atoms. The molecule has 218 valence electrons. The highest BCUT2D eigenvalue weighted by Crippen LogP contribution is 2.16. The van der Waals surface area contributed by atoms with Gasteiger partial charge in [-0.3, -0.25) is 29.2 Å². The largest absolute Gasteiger partial charge is 0.390 e. The van der Waals surface area contributed by atoms with Gasteiger partial charge in [-0.05, 0) is 61.1 Å². The van der Waals surface area contributed by atoms with Crippen LogP contribution in [0.1, 0.15) is 33.4 Å². The van der Waals surface area contributed by atoms with Gasteiger partial charge in [0.2, 0.25) is 0 Å². The Balaban J connectivity index is 1.11. The number of ketones is 2. The topological polar surface area (TPSA) is 67.3 Å². The van der Waals surface area contributed by atoms with Crippen LogP contribution in [0.2, 0.25) is 0 Å². The van der Waals surface area contributed by atoms with Gasteiger partial charge in [0.05, 0.1) is 19.2 Å². The quantitative estimate of drug-likeness (QED) is 0.437. The van der Waals surface area contributed by atoms with Crippen molar-refractivity contribution >= 4 is 11.6 Å². The van der Waals surface area contributed by atoms with Gasteiger partial charge in [0.15, 0.2) is 11.6 Å². The van der Waals surface area contributed by atoms with E-state index in [1.165, 1.54) is 33.4 Å². The fraction of sp³-hybridized carbons (Fsp3) is 0.576. The summed E-state index contributed by atoms with van der Waals surface area (Å²) in [6.07, 6.45) is 0.616. The van der Waals surface area contributed by atoms with Gasteiger partial charge in [0.1, 0.15) is 0 Å². The lowest BCUT2D eigenvalue weighted by Crippen LogP contribution is -2.53. The maximum atomic E-state index is 12.7. The van der Waals surface area contributed by atoms with E-state index in [2.05, 4.69) is 71.6 Å². The molecular formula is C33H48N4O3. The molecule has 2 aliphatic heterocycles. The van der Waals surface area contributed by atoms with Crippen LogP contribution in [0.25, 0.3) is 0 Å². The van der Waals surface area contributed by atoms with E-state index in [1.54, 1.807) is 0 Å². The molecule has 0 atom stereocenters. The van der Waals surface area contributed by atoms with E-state index in [-0.39, 0.29) is 11.6 Å². The van der Waals surface area contributed by atoms with Crippen molar-refractivity contribution in [3.8, 4) is 0 Å². The number of aliphatic hydroxyl groups excluding tert-OH is 1. The van der Waals surface area contributed by atoms with Crippen molar-refractivity contribution < 1.29 is 14.7 Å². The number of Topliss-reactive ketones (excluding diaryl/α,β-unsaturated/α-hetero) is 2. The first-order valence-electron chi connectivity index (χ1n) is 14.9. The van der Waals surface area contributed by atoms with Crippen molar-refractivity contribution in [1.82, 2.24) is 19.6 Å². The highest BCUT2D eigenvalue weighted by molar-refractivity contribution is 5.84. The molecule has 0 amide bonds. The second kappa shape index (κ2) is 14.5. The number of hydrogen-bond donors (Lipinski definition) is 1. The highest BCUT2D eigenvalue weighted by atomic mass is 16.3. The Kier molecular flexibility index (Phi) is 11.0. The smallest absolute Gasteiger partial charge is 0.151 e. The molecule has 1 N–H and O–H groups in total. The summed E-state index contributed by atoms with van der Waals surface area (Å²) < 4.78 is 0. The Bertz CT molecular complexity index is 1020. The highest BCUT2D eigenvalue weighted by Gasteiger charge is 2.24. The molecule has 2 saturated heterocycles. The van der Waals surface area contributed by atoms with E-state index in [4.69, 9.17) is 0 Å². The van der Waals surface area contributed by atoms with Crippen LogP contribution in [0.5, 0.6) is 0 Å². The van der Waals surface area contributed by atoms with Gasteiger partial charge in [-0.15, -0.1) is 0 Å². The zero-order chi connectivity index (χ0) is 28.6. The third-order valence-corrected chi connectivity index (χ3v) is 8.70. The molecule has 7 nitrogen and oxygen atoms in total. The first-order chi connectivity index (χ1) is 19.2. The molecule has 0 aromatic heterocycles. The number of piperazine rings is 2. The van der Waals surface area contributed by atoms with Gasteiger partial charge in [-0.25, -0.2) is 0 Å². The minimum Gasteiger partial charge on any atom is -0.390 e. The van der Waals surface area contributed by atoms with E-state index in [0.717, 1.165) is 52.4 Å². The van der Waals surface area contributed by atoms with Gasteiger partial charge < -0.3 is 5.11 Å². The molecule has 0 bridgehead atoms. The number of hydrogen-bond acceptors (Lipinski definition) is 7. The molecule has 0 saturated carbocycles. The average Bonchev–Trinajstić information content (AvgIpc) is 2.91. The summed E-state index contributed by atoms with van der Waals surface area (Å²) >= 11 is 0. The molecule has 2 aromatic carbocycles. The first kappa shape index (κ1) is 30.5. The average molecular weight is 549 g/mol. The second-order valence-corrected chi connectivity index (χ2v) is 12.0. The van der Waals surface area contributed by atoms with Crippen molar-refractivity contribution in [3.63, 3.8) is 0 Å². The van der Waals surface area contributed by atoms with E-state index >= 15 is 0 Å². The van der Waals surface area contributed by atoms with Gasteiger partial charge in [-0.2, -0.15) is 0 Å². The lowest BCUT2D eigenvalue weighted by Gasteiger charge is -2.38. The first-order valence-corrected chi connectivity index (χ1v) is 14.9. The minimum atomic E-state index is -0.394. The zero-order valence-electron chi connectivity index (χ0n) is 25.0. The van der Waals surface area contributed by atoms with E-state index in [1.807, 2.05) is 12.1 Å². The Morgan fingerprint density at radius 3 is 1.23 bits per heavy atom. The lowest BCUT2D eigenvalue weighted by molar-refractivity contribution is -0.120. The monoisotopic (exact) mass is 548 g/mol. The molecule has 0 unspecified atom stereocenters. The summed E-state index contributed by atoms with van der Waals surface area (Å²) in [6.45, 7) is 17.6. The molecule has 2 heterocycles. The van der Waals surface area contributed by atoms with E-state index in [9.17, 15) is 14.7 Å². The zero-order valence-corrected chi connectivity index (χ0v) is 25.0. The number of carbonyl (C=O) groups excluding carboxylic acids is 2. The predicted molar refractivity (Wildman–Crippen MR) is 161 cm³/mol. The predicted octanol–water partition coefficient (Wildman–Crippen LogP) is 2.44. The number of nitrogens with zero attached hydrogens (tertiary/aromatic N) is 4. The van der Waals surface area contributed by atoms with Crippen LogP contribution in [0, 0.1) is 27.7 Å². The van der Waals surface area contributed by atoms with Crippen molar-refractivity contribution in [3.05, 3.63) is 69.8 Å². The van der Waals surface area contributed by atoms with Crippen LogP contribution in [-0.4, -0.2) is 121 Å². The maximum Gasteiger partial charge on any atom is 0.151 e. The third-order valence-electron chi connectivity index (χ3n) is 8.70. The van der Waals surface area contributed by atoms with Crippen LogP contribution >= 0.6 is 0 Å². The fourth-order valence-electron chi connectivity index (χ4n) is 6.17. The number of aliphatic hydroxyl groups is 1. The Morgan fingerprint density at radius 1 is 0.600 bits per heavy atom. The van der Waals surface area contributed by atoms with Crippen molar-refractivity contribution in [1.29, 1.82) is 0 Å². The van der Waals surface area contributed by atoms with Crippen LogP contribution in [-0.2, 0) is 22.4 Å². The van der Waals surface area contributed by atoms with Crippen molar-refractivity contribution in [2.45, 2.75) is 46.6 Å². The number of aryl methyl sites for hydroxylation is 4. The molecule has 2 aliphatic rings. The maximum absolute atomic E-state index is 12.7. The Labute approximate surface area is 240 Å². The van der Waals surface area contributed by atoms with Gasteiger partial charge in [0, 0.05) is 78.3 Å².